The number of hydrogen-bond acceptors (Lipinski definition) is 3. The van der Waals surface area contributed by atoms with Gasteiger partial charge in [0.05, 0.1) is 0 Å². The van der Waals surface area contributed by atoms with Crippen molar-refractivity contribution in [1.82, 2.24) is 9.88 Å². The summed E-state index contributed by atoms with van der Waals surface area (Å²) in [5, 5.41) is 9.07. The molecule has 0 saturated heterocycles. The molecule has 1 aliphatic rings. The van der Waals surface area contributed by atoms with Crippen LogP contribution in [0.15, 0.2) is 42.6 Å². The molecule has 0 amide bonds. The first-order valence-corrected chi connectivity index (χ1v) is 6.50. The van der Waals surface area contributed by atoms with Crippen LogP contribution in [0.4, 0.5) is 0 Å². The lowest BCUT2D eigenvalue weighted by molar-refractivity contribution is 0.245. The van der Waals surface area contributed by atoms with Gasteiger partial charge in [0.15, 0.2) is 0 Å². The van der Waals surface area contributed by atoms with Gasteiger partial charge in [-0.05, 0) is 23.6 Å². The van der Waals surface area contributed by atoms with Gasteiger partial charge < -0.3 is 0 Å². The van der Waals surface area contributed by atoms with Crippen LogP contribution in [0.25, 0.3) is 0 Å². The maximum atomic E-state index is 9.07. The molecule has 2 heterocycles. The van der Waals surface area contributed by atoms with Crippen molar-refractivity contribution >= 4 is 0 Å². The van der Waals surface area contributed by atoms with Gasteiger partial charge in [0, 0.05) is 31.4 Å². The molecule has 0 bridgehead atoms. The van der Waals surface area contributed by atoms with E-state index in [1.807, 2.05) is 12.1 Å². The molecule has 0 fully saturated rings. The molecule has 0 radical (unpaired) electrons. The van der Waals surface area contributed by atoms with Gasteiger partial charge in [-0.25, -0.2) is 4.98 Å². The smallest absolute Gasteiger partial charge is 0.144 e. The maximum absolute atomic E-state index is 9.07. The van der Waals surface area contributed by atoms with Gasteiger partial charge >= 0.3 is 0 Å². The standard InChI is InChI=1S/C16H15N3/c17-10-16-15(6-3-8-18-16)12-19-9-7-13-4-1-2-5-14(13)11-19/h1-6,8H,7,9,11-12H2. The number of nitrogens with zero attached hydrogens (tertiary/aromatic N) is 3. The summed E-state index contributed by atoms with van der Waals surface area (Å²) in [4.78, 5) is 6.49. The summed E-state index contributed by atoms with van der Waals surface area (Å²) in [7, 11) is 0. The van der Waals surface area contributed by atoms with Crippen molar-refractivity contribution in [2.24, 2.45) is 0 Å². The Kier molecular flexibility index (Phi) is 3.26. The topological polar surface area (TPSA) is 39.9 Å². The molecule has 0 saturated carbocycles. The van der Waals surface area contributed by atoms with E-state index in [1.54, 1.807) is 6.20 Å². The Bertz CT molecular complexity index is 628. The summed E-state index contributed by atoms with van der Waals surface area (Å²) in [6.07, 6.45) is 2.76. The van der Waals surface area contributed by atoms with E-state index in [9.17, 15) is 0 Å². The van der Waals surface area contributed by atoms with E-state index >= 15 is 0 Å². The van der Waals surface area contributed by atoms with Crippen molar-refractivity contribution in [2.45, 2.75) is 19.5 Å². The summed E-state index contributed by atoms with van der Waals surface area (Å²) in [6.45, 7) is 2.79. The average molecular weight is 249 g/mol. The fourth-order valence-corrected chi connectivity index (χ4v) is 2.60. The van der Waals surface area contributed by atoms with Crippen molar-refractivity contribution in [2.75, 3.05) is 6.54 Å². The third-order valence-corrected chi connectivity index (χ3v) is 3.60. The normalized spacial score (nSPS) is 14.7. The van der Waals surface area contributed by atoms with Gasteiger partial charge in [0.2, 0.25) is 0 Å². The first-order chi connectivity index (χ1) is 9.36. The first-order valence-electron chi connectivity index (χ1n) is 6.50. The summed E-state index contributed by atoms with van der Waals surface area (Å²) in [5.74, 6) is 0. The van der Waals surface area contributed by atoms with Crippen LogP contribution < -0.4 is 0 Å². The van der Waals surface area contributed by atoms with E-state index in [4.69, 9.17) is 5.26 Å². The largest absolute Gasteiger partial charge is 0.294 e. The molecule has 2 aromatic rings. The van der Waals surface area contributed by atoms with E-state index in [0.717, 1.165) is 31.6 Å². The van der Waals surface area contributed by atoms with Crippen LogP contribution in [0.5, 0.6) is 0 Å². The number of nitriles is 1. The van der Waals surface area contributed by atoms with Gasteiger partial charge in [-0.1, -0.05) is 30.3 Å². The van der Waals surface area contributed by atoms with Crippen LogP contribution >= 0.6 is 0 Å². The highest BCUT2D eigenvalue weighted by molar-refractivity contribution is 5.32. The predicted molar refractivity (Wildman–Crippen MR) is 73.2 cm³/mol. The zero-order valence-electron chi connectivity index (χ0n) is 10.7. The third-order valence-electron chi connectivity index (χ3n) is 3.60. The molecule has 3 heteroatoms. The Balaban J connectivity index is 1.78. The molecular formula is C16H15N3. The molecule has 0 aliphatic carbocycles. The number of benzene rings is 1. The van der Waals surface area contributed by atoms with Crippen molar-refractivity contribution in [1.29, 1.82) is 5.26 Å². The monoisotopic (exact) mass is 249 g/mol. The average Bonchev–Trinajstić information content (AvgIpc) is 2.48. The van der Waals surface area contributed by atoms with Crippen LogP contribution in [-0.2, 0) is 19.5 Å². The number of pyridine rings is 1. The second kappa shape index (κ2) is 5.21. The van der Waals surface area contributed by atoms with Crippen molar-refractivity contribution in [3.63, 3.8) is 0 Å². The van der Waals surface area contributed by atoms with Crippen molar-refractivity contribution in [3.05, 3.63) is 65.0 Å². The van der Waals surface area contributed by atoms with Gasteiger partial charge in [-0.3, -0.25) is 4.90 Å². The highest BCUT2D eigenvalue weighted by atomic mass is 15.1. The van der Waals surface area contributed by atoms with Gasteiger partial charge in [0.25, 0.3) is 0 Å². The van der Waals surface area contributed by atoms with E-state index in [1.165, 1.54) is 11.1 Å². The van der Waals surface area contributed by atoms with Crippen LogP contribution in [0.2, 0.25) is 0 Å². The van der Waals surface area contributed by atoms with Crippen molar-refractivity contribution < 1.29 is 0 Å². The molecule has 19 heavy (non-hydrogen) atoms. The zero-order valence-corrected chi connectivity index (χ0v) is 10.7. The zero-order chi connectivity index (χ0) is 13.1. The molecule has 0 N–H and O–H groups in total. The van der Waals surface area contributed by atoms with Crippen LogP contribution in [-0.4, -0.2) is 16.4 Å². The molecule has 1 aromatic heterocycles. The molecular weight excluding hydrogens is 234 g/mol. The Morgan fingerprint density at radius 1 is 1.16 bits per heavy atom. The van der Waals surface area contributed by atoms with Gasteiger partial charge in [0.1, 0.15) is 11.8 Å². The fraction of sp³-hybridized carbons (Fsp3) is 0.250. The minimum Gasteiger partial charge on any atom is -0.294 e. The Morgan fingerprint density at radius 3 is 2.84 bits per heavy atom. The van der Waals surface area contributed by atoms with E-state index in [-0.39, 0.29) is 0 Å². The summed E-state index contributed by atoms with van der Waals surface area (Å²) in [6, 6.07) is 14.6. The van der Waals surface area contributed by atoms with Gasteiger partial charge in [-0.2, -0.15) is 5.26 Å². The van der Waals surface area contributed by atoms with Crippen LogP contribution in [0.3, 0.4) is 0 Å². The third kappa shape index (κ3) is 2.49. The molecule has 0 unspecified atom stereocenters. The predicted octanol–water partition coefficient (Wildman–Crippen LogP) is 2.51. The van der Waals surface area contributed by atoms with Gasteiger partial charge in [-0.15, -0.1) is 0 Å². The SMILES string of the molecule is N#Cc1ncccc1CN1CCc2ccccc2C1. The molecule has 1 aliphatic heterocycles. The fourth-order valence-electron chi connectivity index (χ4n) is 2.60. The second-order valence-electron chi connectivity index (χ2n) is 4.85. The van der Waals surface area contributed by atoms with E-state index < -0.39 is 0 Å². The quantitative estimate of drug-likeness (QED) is 0.821. The molecule has 3 nitrogen and oxygen atoms in total. The molecule has 0 atom stereocenters. The summed E-state index contributed by atoms with van der Waals surface area (Å²) in [5.41, 5.74) is 4.41. The molecule has 0 spiro atoms. The van der Waals surface area contributed by atoms with E-state index in [0.29, 0.717) is 5.69 Å². The number of hydrogen-bond donors (Lipinski definition) is 0. The highest BCUT2D eigenvalue weighted by Gasteiger charge is 2.16. The number of rotatable bonds is 2. The summed E-state index contributed by atoms with van der Waals surface area (Å²) < 4.78 is 0. The first kappa shape index (κ1) is 11.9. The number of aromatic nitrogens is 1. The van der Waals surface area contributed by atoms with E-state index in [2.05, 4.69) is 40.2 Å². The molecule has 1 aromatic carbocycles. The summed E-state index contributed by atoms with van der Waals surface area (Å²) >= 11 is 0. The second-order valence-corrected chi connectivity index (χ2v) is 4.85. The lowest BCUT2D eigenvalue weighted by Crippen LogP contribution is -2.30. The van der Waals surface area contributed by atoms with Crippen molar-refractivity contribution in [3.8, 4) is 6.07 Å². The maximum Gasteiger partial charge on any atom is 0.144 e. The molecule has 3 rings (SSSR count). The minimum absolute atomic E-state index is 0.543. The van der Waals surface area contributed by atoms with Crippen LogP contribution in [0, 0.1) is 11.3 Å². The lowest BCUT2D eigenvalue weighted by atomic mass is 9.99. The Hall–Kier alpha value is -2.18. The minimum atomic E-state index is 0.543. The lowest BCUT2D eigenvalue weighted by Gasteiger charge is -2.28. The highest BCUT2D eigenvalue weighted by Crippen LogP contribution is 2.20. The molecule has 94 valence electrons. The number of fused-ring (bicyclic) bond motifs is 1. The van der Waals surface area contributed by atoms with Crippen LogP contribution in [0.1, 0.15) is 22.4 Å². The Labute approximate surface area is 113 Å². The Morgan fingerprint density at radius 2 is 2.00 bits per heavy atom.